The van der Waals surface area contributed by atoms with Crippen molar-refractivity contribution in [3.8, 4) is 0 Å². The molecule has 2 atom stereocenters. The Morgan fingerprint density at radius 3 is 2.81 bits per heavy atom. The lowest BCUT2D eigenvalue weighted by molar-refractivity contribution is 0.156. The summed E-state index contributed by atoms with van der Waals surface area (Å²) in [6.07, 6.45) is 2.41. The van der Waals surface area contributed by atoms with Crippen LogP contribution in [0.5, 0.6) is 0 Å². The SMILES string of the molecule is CCN(CC)C(CNC(=NC)N1CCC2(CCOC2)C1)c1ccsc1.I. The van der Waals surface area contributed by atoms with E-state index in [0.717, 1.165) is 51.9 Å². The Morgan fingerprint density at radius 2 is 2.23 bits per heavy atom. The van der Waals surface area contributed by atoms with Gasteiger partial charge in [-0.1, -0.05) is 13.8 Å². The largest absolute Gasteiger partial charge is 0.381 e. The Kier molecular flexibility index (Phi) is 8.63. The maximum atomic E-state index is 5.66. The van der Waals surface area contributed by atoms with Crippen molar-refractivity contribution in [2.45, 2.75) is 32.7 Å². The van der Waals surface area contributed by atoms with Crippen molar-refractivity contribution in [3.63, 3.8) is 0 Å². The van der Waals surface area contributed by atoms with E-state index in [1.54, 1.807) is 11.3 Å². The zero-order valence-corrected chi connectivity index (χ0v) is 19.4. The first-order valence-corrected chi connectivity index (χ1v) is 10.4. The molecule has 0 radical (unpaired) electrons. The van der Waals surface area contributed by atoms with E-state index >= 15 is 0 Å². The van der Waals surface area contributed by atoms with E-state index in [-0.39, 0.29) is 24.0 Å². The summed E-state index contributed by atoms with van der Waals surface area (Å²) >= 11 is 1.78. The topological polar surface area (TPSA) is 40.1 Å². The maximum Gasteiger partial charge on any atom is 0.193 e. The van der Waals surface area contributed by atoms with Gasteiger partial charge in [0.05, 0.1) is 12.6 Å². The van der Waals surface area contributed by atoms with Gasteiger partial charge in [-0.2, -0.15) is 11.3 Å². The lowest BCUT2D eigenvalue weighted by Gasteiger charge is -2.31. The van der Waals surface area contributed by atoms with Crippen LogP contribution in [0, 0.1) is 5.41 Å². The van der Waals surface area contributed by atoms with E-state index in [9.17, 15) is 0 Å². The van der Waals surface area contributed by atoms with Crippen LogP contribution < -0.4 is 5.32 Å². The average molecular weight is 492 g/mol. The van der Waals surface area contributed by atoms with Gasteiger partial charge < -0.3 is 15.0 Å². The fraction of sp³-hybridized carbons (Fsp3) is 0.737. The molecule has 1 aromatic heterocycles. The van der Waals surface area contributed by atoms with Crippen molar-refractivity contribution in [3.05, 3.63) is 22.4 Å². The Balaban J connectivity index is 0.00000243. The van der Waals surface area contributed by atoms with E-state index in [1.807, 2.05) is 7.05 Å². The summed E-state index contributed by atoms with van der Waals surface area (Å²) in [7, 11) is 1.90. The van der Waals surface area contributed by atoms with Crippen LogP contribution >= 0.6 is 35.3 Å². The highest BCUT2D eigenvalue weighted by Gasteiger charge is 2.42. The van der Waals surface area contributed by atoms with E-state index in [4.69, 9.17) is 4.74 Å². The number of nitrogens with one attached hydrogen (secondary N) is 1. The number of thiophene rings is 1. The van der Waals surface area contributed by atoms with Crippen LogP contribution in [0.1, 0.15) is 38.3 Å². The van der Waals surface area contributed by atoms with E-state index in [0.29, 0.717) is 11.5 Å². The molecule has 2 aliphatic heterocycles. The highest BCUT2D eigenvalue weighted by Crippen LogP contribution is 2.38. The predicted octanol–water partition coefficient (Wildman–Crippen LogP) is 3.44. The number of likely N-dealkylation sites (N-methyl/N-ethyl adjacent to an activating group) is 1. The molecule has 2 unspecified atom stereocenters. The fourth-order valence-corrected chi connectivity index (χ4v) is 4.90. The van der Waals surface area contributed by atoms with Crippen LogP contribution in [-0.2, 0) is 4.74 Å². The highest BCUT2D eigenvalue weighted by atomic mass is 127. The minimum absolute atomic E-state index is 0. The van der Waals surface area contributed by atoms with Crippen LogP contribution in [0.15, 0.2) is 21.8 Å². The first kappa shape index (κ1) is 21.9. The third kappa shape index (κ3) is 4.91. The summed E-state index contributed by atoms with van der Waals surface area (Å²) in [6, 6.07) is 2.64. The fourth-order valence-electron chi connectivity index (χ4n) is 4.19. The molecule has 2 aliphatic rings. The lowest BCUT2D eigenvalue weighted by Crippen LogP contribution is -2.45. The van der Waals surface area contributed by atoms with Crippen molar-refractivity contribution in [2.75, 3.05) is 53.0 Å². The Bertz CT molecular complexity index is 556. The van der Waals surface area contributed by atoms with Crippen LogP contribution in [0.4, 0.5) is 0 Å². The molecule has 148 valence electrons. The Morgan fingerprint density at radius 1 is 1.42 bits per heavy atom. The van der Waals surface area contributed by atoms with Crippen molar-refractivity contribution < 1.29 is 4.74 Å². The summed E-state index contributed by atoms with van der Waals surface area (Å²) < 4.78 is 5.66. The van der Waals surface area contributed by atoms with Gasteiger partial charge in [0.15, 0.2) is 5.96 Å². The van der Waals surface area contributed by atoms with Gasteiger partial charge in [0.1, 0.15) is 0 Å². The molecule has 0 aromatic carbocycles. The first-order chi connectivity index (χ1) is 12.2. The summed E-state index contributed by atoms with van der Waals surface area (Å²) in [6.45, 7) is 11.5. The zero-order valence-electron chi connectivity index (χ0n) is 16.2. The summed E-state index contributed by atoms with van der Waals surface area (Å²) in [5, 5.41) is 8.10. The molecule has 1 spiro atoms. The second-order valence-electron chi connectivity index (χ2n) is 7.20. The molecule has 2 fully saturated rings. The summed E-state index contributed by atoms with van der Waals surface area (Å²) in [5.74, 6) is 1.04. The third-order valence-corrected chi connectivity index (χ3v) is 6.47. The normalized spacial score (nSPS) is 24.3. The molecular formula is C19H33IN4OS. The van der Waals surface area contributed by atoms with Gasteiger partial charge in [0.2, 0.25) is 0 Å². The van der Waals surface area contributed by atoms with Crippen molar-refractivity contribution in [1.29, 1.82) is 0 Å². The number of halogens is 1. The number of aliphatic imine (C=N–C) groups is 1. The van der Waals surface area contributed by atoms with E-state index in [2.05, 4.69) is 50.8 Å². The predicted molar refractivity (Wildman–Crippen MR) is 121 cm³/mol. The maximum absolute atomic E-state index is 5.66. The molecule has 5 nitrogen and oxygen atoms in total. The van der Waals surface area contributed by atoms with Crippen LogP contribution in [-0.4, -0.2) is 68.7 Å². The molecule has 0 bridgehead atoms. The molecule has 1 aromatic rings. The Labute approximate surface area is 179 Å². The van der Waals surface area contributed by atoms with Gasteiger partial charge in [-0.05, 0) is 48.3 Å². The molecule has 7 heteroatoms. The van der Waals surface area contributed by atoms with Crippen LogP contribution in [0.25, 0.3) is 0 Å². The average Bonchev–Trinajstić information content (AvgIpc) is 3.38. The minimum atomic E-state index is 0. The van der Waals surface area contributed by atoms with Crippen molar-refractivity contribution in [2.24, 2.45) is 10.4 Å². The summed E-state index contributed by atoms with van der Waals surface area (Å²) in [5.41, 5.74) is 1.77. The van der Waals surface area contributed by atoms with Crippen LogP contribution in [0.2, 0.25) is 0 Å². The number of likely N-dealkylation sites (tertiary alicyclic amines) is 1. The molecule has 26 heavy (non-hydrogen) atoms. The van der Waals surface area contributed by atoms with Crippen molar-refractivity contribution in [1.82, 2.24) is 15.1 Å². The van der Waals surface area contributed by atoms with Gasteiger partial charge in [0, 0.05) is 38.7 Å². The molecule has 0 saturated carbocycles. The number of hydrogen-bond acceptors (Lipinski definition) is 4. The number of rotatable bonds is 6. The second kappa shape index (κ2) is 10.2. The second-order valence-corrected chi connectivity index (χ2v) is 7.98. The minimum Gasteiger partial charge on any atom is -0.381 e. The number of nitrogens with zero attached hydrogens (tertiary/aromatic N) is 3. The van der Waals surface area contributed by atoms with Gasteiger partial charge in [-0.25, -0.2) is 0 Å². The standard InChI is InChI=1S/C19H32N4OS.HI/c1-4-22(5-2)17(16-6-11-25-13-16)12-21-18(20-3)23-9-7-19(14-23)8-10-24-15-19;/h6,11,13,17H,4-5,7-10,12,14-15H2,1-3H3,(H,20,21);1H. The molecule has 3 heterocycles. The van der Waals surface area contributed by atoms with Gasteiger partial charge in [0.25, 0.3) is 0 Å². The number of guanidine groups is 1. The smallest absolute Gasteiger partial charge is 0.193 e. The van der Waals surface area contributed by atoms with Crippen molar-refractivity contribution >= 4 is 41.3 Å². The van der Waals surface area contributed by atoms with Crippen LogP contribution in [0.3, 0.4) is 0 Å². The molecule has 0 amide bonds. The zero-order chi connectivity index (χ0) is 17.7. The van der Waals surface area contributed by atoms with Gasteiger partial charge in [-0.3, -0.25) is 9.89 Å². The number of hydrogen-bond donors (Lipinski definition) is 1. The highest BCUT2D eigenvalue weighted by molar-refractivity contribution is 14.0. The van der Waals surface area contributed by atoms with Gasteiger partial charge in [-0.15, -0.1) is 24.0 Å². The van der Waals surface area contributed by atoms with E-state index < -0.39 is 0 Å². The molecular weight excluding hydrogens is 459 g/mol. The first-order valence-electron chi connectivity index (χ1n) is 9.51. The quantitative estimate of drug-likeness (QED) is 0.375. The third-order valence-electron chi connectivity index (χ3n) is 5.77. The molecule has 2 saturated heterocycles. The Hall–Kier alpha value is -0.380. The van der Waals surface area contributed by atoms with Gasteiger partial charge >= 0.3 is 0 Å². The molecule has 0 aliphatic carbocycles. The number of ether oxygens (including phenoxy) is 1. The lowest BCUT2D eigenvalue weighted by atomic mass is 9.87. The molecule has 3 rings (SSSR count). The van der Waals surface area contributed by atoms with E-state index in [1.165, 1.54) is 18.4 Å². The summed E-state index contributed by atoms with van der Waals surface area (Å²) in [4.78, 5) is 9.49. The monoisotopic (exact) mass is 492 g/mol. The molecule has 1 N–H and O–H groups in total.